The number of nitrogens with one attached hydrogen (secondary N) is 1. The van der Waals surface area contributed by atoms with Crippen LogP contribution < -0.4 is 10.2 Å². The molecule has 0 saturated carbocycles. The number of ether oxygens (including phenoxy) is 1. The van der Waals surface area contributed by atoms with Gasteiger partial charge in [-0.2, -0.15) is 9.41 Å². The standard InChI is InChI=1S/C21H21BrClN3O4S/c1-2-12-30-20-10-5-15(13-18(20)22)14-24-25-21(27)19-4-3-11-26(19)31(28,29)17-8-6-16(23)7-9-17/h2,5-10,13-14,19H,1,3-4,11-12H2,(H,25,27)/b24-14-/t19-/m0/s1. The van der Waals surface area contributed by atoms with Crippen molar-refractivity contribution >= 4 is 49.7 Å². The smallest absolute Gasteiger partial charge is 0.258 e. The maximum absolute atomic E-state index is 12.9. The summed E-state index contributed by atoms with van der Waals surface area (Å²) >= 11 is 9.27. The molecule has 1 amide bonds. The van der Waals surface area contributed by atoms with Crippen molar-refractivity contribution in [1.29, 1.82) is 0 Å². The average Bonchev–Trinajstić information content (AvgIpc) is 3.24. The molecule has 0 aromatic heterocycles. The second kappa shape index (κ2) is 10.4. The molecule has 2 aromatic rings. The van der Waals surface area contributed by atoms with Crippen LogP contribution in [0.4, 0.5) is 0 Å². The first-order valence-corrected chi connectivity index (χ1v) is 12.1. The summed E-state index contributed by atoms with van der Waals surface area (Å²) in [6, 6.07) is 10.4. The van der Waals surface area contributed by atoms with E-state index >= 15 is 0 Å². The second-order valence-electron chi connectivity index (χ2n) is 6.75. The number of amides is 1. The van der Waals surface area contributed by atoms with Gasteiger partial charge in [-0.05, 0) is 76.8 Å². The monoisotopic (exact) mass is 525 g/mol. The van der Waals surface area contributed by atoms with Gasteiger partial charge in [-0.25, -0.2) is 13.8 Å². The quantitative estimate of drug-likeness (QED) is 0.320. The number of rotatable bonds is 8. The van der Waals surface area contributed by atoms with E-state index in [2.05, 4.69) is 33.0 Å². The molecule has 1 aliphatic rings. The van der Waals surface area contributed by atoms with E-state index in [1.807, 2.05) is 0 Å². The number of sulfonamides is 1. The van der Waals surface area contributed by atoms with Gasteiger partial charge < -0.3 is 4.74 Å². The van der Waals surface area contributed by atoms with Crippen LogP contribution in [0.15, 0.2) is 69.6 Å². The number of halogens is 2. The van der Waals surface area contributed by atoms with E-state index in [1.165, 1.54) is 34.8 Å². The Kier molecular flexibility index (Phi) is 7.88. The maximum Gasteiger partial charge on any atom is 0.258 e. The highest BCUT2D eigenvalue weighted by Crippen LogP contribution is 2.27. The number of hydrogen-bond acceptors (Lipinski definition) is 5. The van der Waals surface area contributed by atoms with Gasteiger partial charge in [-0.1, -0.05) is 24.3 Å². The fraction of sp³-hybridized carbons (Fsp3) is 0.238. The summed E-state index contributed by atoms with van der Waals surface area (Å²) in [7, 11) is -3.81. The molecule has 3 rings (SSSR count). The number of hydrogen-bond donors (Lipinski definition) is 1. The minimum Gasteiger partial charge on any atom is -0.488 e. The molecule has 1 fully saturated rings. The Balaban J connectivity index is 1.66. The van der Waals surface area contributed by atoms with Crippen molar-refractivity contribution in [3.8, 4) is 5.75 Å². The molecule has 7 nitrogen and oxygen atoms in total. The largest absolute Gasteiger partial charge is 0.488 e. The third-order valence-corrected chi connectivity index (χ3v) is 7.42. The van der Waals surface area contributed by atoms with Crippen molar-refractivity contribution in [2.24, 2.45) is 5.10 Å². The highest BCUT2D eigenvalue weighted by Gasteiger charge is 2.39. The zero-order chi connectivity index (χ0) is 22.4. The van der Waals surface area contributed by atoms with Crippen molar-refractivity contribution in [2.45, 2.75) is 23.8 Å². The molecule has 0 unspecified atom stereocenters. The molecular weight excluding hydrogens is 506 g/mol. The first kappa shape index (κ1) is 23.5. The van der Waals surface area contributed by atoms with Gasteiger partial charge in [0.25, 0.3) is 5.91 Å². The van der Waals surface area contributed by atoms with E-state index in [4.69, 9.17) is 16.3 Å². The number of hydrazone groups is 1. The van der Waals surface area contributed by atoms with Gasteiger partial charge in [0, 0.05) is 11.6 Å². The Labute approximate surface area is 194 Å². The molecule has 10 heteroatoms. The van der Waals surface area contributed by atoms with E-state index < -0.39 is 22.0 Å². The summed E-state index contributed by atoms with van der Waals surface area (Å²) < 4.78 is 33.3. The van der Waals surface area contributed by atoms with Crippen molar-refractivity contribution in [3.05, 3.63) is 70.2 Å². The summed E-state index contributed by atoms with van der Waals surface area (Å²) in [5.74, 6) is 0.186. The average molecular weight is 527 g/mol. The van der Waals surface area contributed by atoms with Gasteiger partial charge in [-0.15, -0.1) is 0 Å². The van der Waals surface area contributed by atoms with Crippen molar-refractivity contribution < 1.29 is 17.9 Å². The van der Waals surface area contributed by atoms with Crippen molar-refractivity contribution in [2.75, 3.05) is 13.2 Å². The van der Waals surface area contributed by atoms with Gasteiger partial charge in [0.15, 0.2) is 0 Å². The summed E-state index contributed by atoms with van der Waals surface area (Å²) in [4.78, 5) is 12.7. The molecule has 0 radical (unpaired) electrons. The van der Waals surface area contributed by atoms with Crippen LogP contribution in [0.3, 0.4) is 0 Å². The summed E-state index contributed by atoms with van der Waals surface area (Å²) in [6.07, 6.45) is 4.15. The molecule has 2 aromatic carbocycles. The zero-order valence-corrected chi connectivity index (χ0v) is 19.7. The fourth-order valence-electron chi connectivity index (χ4n) is 3.14. The first-order valence-electron chi connectivity index (χ1n) is 9.46. The van der Waals surface area contributed by atoms with E-state index in [1.54, 1.807) is 24.3 Å². The molecule has 31 heavy (non-hydrogen) atoms. The molecular formula is C21H21BrClN3O4S. The Morgan fingerprint density at radius 1 is 1.32 bits per heavy atom. The van der Waals surface area contributed by atoms with Gasteiger partial charge in [0.05, 0.1) is 15.6 Å². The number of benzene rings is 2. The maximum atomic E-state index is 12.9. The van der Waals surface area contributed by atoms with E-state index in [9.17, 15) is 13.2 Å². The lowest BCUT2D eigenvalue weighted by Gasteiger charge is -2.22. The lowest BCUT2D eigenvalue weighted by atomic mass is 10.2. The van der Waals surface area contributed by atoms with Gasteiger partial charge >= 0.3 is 0 Å². The zero-order valence-electron chi connectivity index (χ0n) is 16.5. The Bertz CT molecular complexity index is 1090. The molecule has 1 atom stereocenters. The molecule has 164 valence electrons. The summed E-state index contributed by atoms with van der Waals surface area (Å²) in [6.45, 7) is 4.26. The third kappa shape index (κ3) is 5.74. The fourth-order valence-corrected chi connectivity index (χ4v) is 5.43. The summed E-state index contributed by atoms with van der Waals surface area (Å²) in [5, 5.41) is 4.42. The highest BCUT2D eigenvalue weighted by atomic mass is 79.9. The van der Waals surface area contributed by atoms with Crippen LogP contribution in [0.1, 0.15) is 18.4 Å². The van der Waals surface area contributed by atoms with Crippen molar-refractivity contribution in [3.63, 3.8) is 0 Å². The lowest BCUT2D eigenvalue weighted by molar-refractivity contribution is -0.124. The van der Waals surface area contributed by atoms with Crippen LogP contribution in [-0.2, 0) is 14.8 Å². The topological polar surface area (TPSA) is 88.1 Å². The molecule has 1 aliphatic heterocycles. The number of carbonyl (C=O) groups is 1. The van der Waals surface area contributed by atoms with E-state index in [0.29, 0.717) is 30.2 Å². The van der Waals surface area contributed by atoms with Crippen LogP contribution in [-0.4, -0.2) is 44.0 Å². The van der Waals surface area contributed by atoms with Crippen LogP contribution >= 0.6 is 27.5 Å². The Morgan fingerprint density at radius 2 is 2.06 bits per heavy atom. The van der Waals surface area contributed by atoms with Gasteiger partial charge in [0.2, 0.25) is 10.0 Å². The molecule has 1 saturated heterocycles. The normalized spacial score (nSPS) is 17.0. The van der Waals surface area contributed by atoms with E-state index in [-0.39, 0.29) is 11.4 Å². The molecule has 0 aliphatic carbocycles. The van der Waals surface area contributed by atoms with Gasteiger partial charge in [-0.3, -0.25) is 4.79 Å². The third-order valence-electron chi connectivity index (χ3n) is 4.63. The Morgan fingerprint density at radius 3 is 2.74 bits per heavy atom. The van der Waals surface area contributed by atoms with E-state index in [0.717, 1.165) is 10.0 Å². The van der Waals surface area contributed by atoms with Gasteiger partial charge in [0.1, 0.15) is 18.4 Å². The number of carbonyl (C=O) groups excluding carboxylic acids is 1. The summed E-state index contributed by atoms with van der Waals surface area (Å²) in [5.41, 5.74) is 3.18. The Hall–Kier alpha value is -2.20. The predicted octanol–water partition coefficient (Wildman–Crippen LogP) is 3.97. The molecule has 1 N–H and O–H groups in total. The molecule has 0 spiro atoms. The highest BCUT2D eigenvalue weighted by molar-refractivity contribution is 9.10. The lowest BCUT2D eigenvalue weighted by Crippen LogP contribution is -2.44. The molecule has 1 heterocycles. The molecule has 0 bridgehead atoms. The van der Waals surface area contributed by atoms with Crippen LogP contribution in [0.25, 0.3) is 0 Å². The van der Waals surface area contributed by atoms with Crippen LogP contribution in [0, 0.1) is 0 Å². The first-order chi connectivity index (χ1) is 14.8. The van der Waals surface area contributed by atoms with Crippen molar-refractivity contribution in [1.82, 2.24) is 9.73 Å². The predicted molar refractivity (Wildman–Crippen MR) is 124 cm³/mol. The van der Waals surface area contributed by atoms with Crippen LogP contribution in [0.2, 0.25) is 5.02 Å². The minimum absolute atomic E-state index is 0.101. The SMILES string of the molecule is C=CCOc1ccc(/C=N\NC(=O)[C@@H]2CCCN2S(=O)(=O)c2ccc(Cl)cc2)cc1Br. The number of nitrogens with zero attached hydrogens (tertiary/aromatic N) is 2. The minimum atomic E-state index is -3.81. The van der Waals surface area contributed by atoms with Crippen LogP contribution in [0.5, 0.6) is 5.75 Å². The second-order valence-corrected chi connectivity index (χ2v) is 9.93.